The maximum Gasteiger partial charge on any atom is 0.291 e. The molecule has 150 valence electrons. The van der Waals surface area contributed by atoms with Crippen LogP contribution < -0.4 is 10.2 Å². The molecule has 1 aliphatic heterocycles. The maximum atomic E-state index is 12.9. The van der Waals surface area contributed by atoms with Crippen molar-refractivity contribution in [2.45, 2.75) is 39.7 Å². The smallest absolute Gasteiger partial charge is 0.291 e. The number of amides is 2. The van der Waals surface area contributed by atoms with Crippen molar-refractivity contribution in [2.24, 2.45) is 0 Å². The summed E-state index contributed by atoms with van der Waals surface area (Å²) in [6.07, 6.45) is 2.78. The Balaban J connectivity index is 1.88. The third kappa shape index (κ3) is 3.88. The van der Waals surface area contributed by atoms with E-state index in [0.29, 0.717) is 30.3 Å². The maximum absolute atomic E-state index is 12.9. The molecule has 1 aromatic carbocycles. The number of aromatic nitrogens is 2. The number of hydrogen-bond acceptors (Lipinski definition) is 4. The van der Waals surface area contributed by atoms with Gasteiger partial charge < -0.3 is 19.7 Å². The topological polar surface area (TPSA) is 70.5 Å². The summed E-state index contributed by atoms with van der Waals surface area (Å²) in [5.41, 5.74) is 3.08. The van der Waals surface area contributed by atoms with E-state index in [1.807, 2.05) is 61.7 Å². The van der Waals surface area contributed by atoms with Gasteiger partial charge >= 0.3 is 0 Å². The highest BCUT2D eigenvalue weighted by Crippen LogP contribution is 2.23. The van der Waals surface area contributed by atoms with Crippen LogP contribution in [0, 0.1) is 0 Å². The highest BCUT2D eigenvalue weighted by Gasteiger charge is 2.29. The second-order valence-electron chi connectivity index (χ2n) is 7.21. The number of fused-ring (bicyclic) bond motifs is 1. The summed E-state index contributed by atoms with van der Waals surface area (Å²) in [5.74, 6) is -0.0497. The number of nitrogens with one attached hydrogen (secondary N) is 1. The molecule has 2 heterocycles. The van der Waals surface area contributed by atoms with E-state index >= 15 is 0 Å². The fourth-order valence-corrected chi connectivity index (χ4v) is 3.58. The molecular formula is C21H29N5O2. The van der Waals surface area contributed by atoms with Gasteiger partial charge in [-0.25, -0.2) is 4.98 Å². The fraction of sp³-hybridized carbons (Fsp3) is 0.476. The zero-order valence-corrected chi connectivity index (χ0v) is 17.2. The van der Waals surface area contributed by atoms with Crippen molar-refractivity contribution in [3.8, 4) is 0 Å². The number of nitrogens with zero attached hydrogens (tertiary/aromatic N) is 4. The average Bonchev–Trinajstić information content (AvgIpc) is 3.09. The van der Waals surface area contributed by atoms with Gasteiger partial charge in [-0.05, 0) is 57.4 Å². The van der Waals surface area contributed by atoms with Crippen LogP contribution in [-0.2, 0) is 13.0 Å². The van der Waals surface area contributed by atoms with E-state index in [0.717, 1.165) is 37.2 Å². The number of rotatable bonds is 6. The summed E-state index contributed by atoms with van der Waals surface area (Å²) in [6, 6.07) is 7.64. The number of imidazole rings is 1. The third-order valence-electron chi connectivity index (χ3n) is 5.22. The molecule has 28 heavy (non-hydrogen) atoms. The molecule has 2 aromatic rings. The van der Waals surface area contributed by atoms with E-state index in [-0.39, 0.29) is 11.8 Å². The molecule has 3 rings (SSSR count). The quantitative estimate of drug-likeness (QED) is 0.832. The summed E-state index contributed by atoms with van der Waals surface area (Å²) >= 11 is 0. The van der Waals surface area contributed by atoms with Crippen molar-refractivity contribution >= 4 is 23.2 Å². The Hall–Kier alpha value is -2.83. The number of carbonyl (C=O) groups is 2. The van der Waals surface area contributed by atoms with Crippen LogP contribution in [0.25, 0.3) is 0 Å². The SMILES string of the molecule is CCN(CC)C(=O)c1nc(C(=O)Nc2ccc(N(C)C)cc2)n2c1CCCC2. The lowest BCUT2D eigenvalue weighted by Crippen LogP contribution is -2.31. The van der Waals surface area contributed by atoms with Crippen LogP contribution in [0.4, 0.5) is 11.4 Å². The lowest BCUT2D eigenvalue weighted by molar-refractivity contribution is 0.0766. The van der Waals surface area contributed by atoms with E-state index in [9.17, 15) is 9.59 Å². The summed E-state index contributed by atoms with van der Waals surface area (Å²) in [4.78, 5) is 34.1. The van der Waals surface area contributed by atoms with Gasteiger partial charge in [-0.1, -0.05) is 0 Å². The highest BCUT2D eigenvalue weighted by atomic mass is 16.2. The first-order valence-corrected chi connectivity index (χ1v) is 9.93. The molecule has 0 radical (unpaired) electrons. The fourth-order valence-electron chi connectivity index (χ4n) is 3.58. The zero-order chi connectivity index (χ0) is 20.3. The number of anilines is 2. The zero-order valence-electron chi connectivity index (χ0n) is 17.2. The molecule has 2 amide bonds. The van der Waals surface area contributed by atoms with Gasteiger partial charge in [-0.2, -0.15) is 0 Å². The predicted molar refractivity (Wildman–Crippen MR) is 111 cm³/mol. The first kappa shape index (κ1) is 19.9. The summed E-state index contributed by atoms with van der Waals surface area (Å²) in [6.45, 7) is 5.88. The van der Waals surface area contributed by atoms with Crippen molar-refractivity contribution in [3.05, 3.63) is 41.5 Å². The van der Waals surface area contributed by atoms with E-state index < -0.39 is 0 Å². The molecule has 0 aliphatic carbocycles. The van der Waals surface area contributed by atoms with E-state index in [2.05, 4.69) is 10.3 Å². The molecule has 7 heteroatoms. The molecule has 0 bridgehead atoms. The number of hydrogen-bond donors (Lipinski definition) is 1. The minimum atomic E-state index is -0.278. The monoisotopic (exact) mass is 383 g/mol. The Morgan fingerprint density at radius 3 is 2.39 bits per heavy atom. The Morgan fingerprint density at radius 2 is 1.79 bits per heavy atom. The highest BCUT2D eigenvalue weighted by molar-refractivity contribution is 6.03. The number of benzene rings is 1. The van der Waals surface area contributed by atoms with Crippen LogP contribution in [0.15, 0.2) is 24.3 Å². The Labute approximate surface area is 166 Å². The van der Waals surface area contributed by atoms with E-state index in [4.69, 9.17) is 0 Å². The molecular weight excluding hydrogens is 354 g/mol. The Bertz CT molecular complexity index is 850. The minimum absolute atomic E-state index is 0.0926. The first-order valence-electron chi connectivity index (χ1n) is 9.93. The number of carbonyl (C=O) groups excluding carboxylic acids is 2. The molecule has 0 atom stereocenters. The van der Waals surface area contributed by atoms with Gasteiger partial charge in [-0.15, -0.1) is 0 Å². The molecule has 1 aromatic heterocycles. The van der Waals surface area contributed by atoms with Crippen LogP contribution in [-0.4, -0.2) is 53.5 Å². The standard InChI is InChI=1S/C21H29N5O2/c1-5-25(6-2)21(28)18-17-9-7-8-14-26(17)19(23-18)20(27)22-15-10-12-16(13-11-15)24(3)4/h10-13H,5-9,14H2,1-4H3,(H,22,27). The van der Waals surface area contributed by atoms with Crippen molar-refractivity contribution in [2.75, 3.05) is 37.4 Å². The van der Waals surface area contributed by atoms with Crippen LogP contribution in [0.1, 0.15) is 53.5 Å². The van der Waals surface area contributed by atoms with Crippen molar-refractivity contribution in [3.63, 3.8) is 0 Å². The lowest BCUT2D eigenvalue weighted by Gasteiger charge is -2.20. The third-order valence-corrected chi connectivity index (χ3v) is 5.22. The second kappa shape index (κ2) is 8.46. The molecule has 1 N–H and O–H groups in total. The normalized spacial score (nSPS) is 13.0. The second-order valence-corrected chi connectivity index (χ2v) is 7.21. The van der Waals surface area contributed by atoms with E-state index in [1.54, 1.807) is 4.90 Å². The van der Waals surface area contributed by atoms with Gasteiger partial charge in [0.15, 0.2) is 5.82 Å². The molecule has 0 saturated carbocycles. The van der Waals surface area contributed by atoms with Crippen LogP contribution in [0.2, 0.25) is 0 Å². The van der Waals surface area contributed by atoms with Crippen LogP contribution in [0.5, 0.6) is 0 Å². The summed E-state index contributed by atoms with van der Waals surface area (Å²) in [5, 5.41) is 2.92. The molecule has 0 unspecified atom stereocenters. The van der Waals surface area contributed by atoms with Crippen molar-refractivity contribution in [1.82, 2.24) is 14.5 Å². The van der Waals surface area contributed by atoms with Crippen LogP contribution >= 0.6 is 0 Å². The van der Waals surface area contributed by atoms with Gasteiger partial charge in [-0.3, -0.25) is 9.59 Å². The molecule has 7 nitrogen and oxygen atoms in total. The van der Waals surface area contributed by atoms with Gasteiger partial charge in [0.2, 0.25) is 0 Å². The average molecular weight is 383 g/mol. The lowest BCUT2D eigenvalue weighted by atomic mass is 10.1. The predicted octanol–water partition coefficient (Wildman–Crippen LogP) is 3.02. The van der Waals surface area contributed by atoms with Crippen LogP contribution in [0.3, 0.4) is 0 Å². The van der Waals surface area contributed by atoms with Crippen molar-refractivity contribution < 1.29 is 9.59 Å². The largest absolute Gasteiger partial charge is 0.378 e. The van der Waals surface area contributed by atoms with Gasteiger partial charge in [0, 0.05) is 45.1 Å². The molecule has 0 fully saturated rings. The Morgan fingerprint density at radius 1 is 1.11 bits per heavy atom. The summed E-state index contributed by atoms with van der Waals surface area (Å²) < 4.78 is 1.92. The van der Waals surface area contributed by atoms with Gasteiger partial charge in [0.25, 0.3) is 11.8 Å². The molecule has 0 spiro atoms. The van der Waals surface area contributed by atoms with Crippen molar-refractivity contribution in [1.29, 1.82) is 0 Å². The first-order chi connectivity index (χ1) is 13.5. The minimum Gasteiger partial charge on any atom is -0.378 e. The van der Waals surface area contributed by atoms with Gasteiger partial charge in [0.05, 0.1) is 5.69 Å². The van der Waals surface area contributed by atoms with Gasteiger partial charge in [0.1, 0.15) is 5.69 Å². The Kier molecular flexibility index (Phi) is 6.02. The van der Waals surface area contributed by atoms with E-state index in [1.165, 1.54) is 0 Å². The molecule has 1 aliphatic rings. The summed E-state index contributed by atoms with van der Waals surface area (Å²) in [7, 11) is 3.94. The molecule has 0 saturated heterocycles.